The molecule has 1 aliphatic carbocycles. The van der Waals surface area contributed by atoms with Crippen molar-refractivity contribution in [1.29, 1.82) is 0 Å². The highest BCUT2D eigenvalue weighted by atomic mass is 127. The fourth-order valence-corrected chi connectivity index (χ4v) is 3.36. The van der Waals surface area contributed by atoms with E-state index in [0.29, 0.717) is 6.04 Å². The number of benzene rings is 1. The second-order valence-electron chi connectivity index (χ2n) is 6.00. The van der Waals surface area contributed by atoms with Crippen LogP contribution in [0.5, 0.6) is 0 Å². The molecule has 0 unspecified atom stereocenters. The van der Waals surface area contributed by atoms with Crippen LogP contribution in [0.2, 0.25) is 0 Å². The Balaban J connectivity index is 1.62. The van der Waals surface area contributed by atoms with Gasteiger partial charge in [-0.15, -0.1) is 0 Å². The van der Waals surface area contributed by atoms with Crippen molar-refractivity contribution in [2.45, 2.75) is 31.7 Å². The Bertz CT molecular complexity index is 526. The maximum Gasteiger partial charge on any atom is 0.293 e. The average Bonchev–Trinajstić information content (AvgIpc) is 3.30. The minimum Gasteiger partial charge on any atom is -0.366 e. The van der Waals surface area contributed by atoms with Crippen LogP contribution >= 0.6 is 22.6 Å². The number of nitrogens with zero attached hydrogens (tertiary/aromatic N) is 2. The fourth-order valence-electron chi connectivity index (χ4n) is 2.89. The highest BCUT2D eigenvalue weighted by Crippen LogP contribution is 2.32. The molecule has 114 valence electrons. The molecule has 0 radical (unpaired) electrons. The summed E-state index contributed by atoms with van der Waals surface area (Å²) in [4.78, 5) is 13.1. The number of halogens is 1. The van der Waals surface area contributed by atoms with E-state index in [9.17, 15) is 10.1 Å². The van der Waals surface area contributed by atoms with Crippen LogP contribution in [-0.2, 0) is 0 Å². The van der Waals surface area contributed by atoms with Crippen LogP contribution < -0.4 is 10.2 Å². The number of hydrogen-bond donors (Lipinski definition) is 1. The molecule has 6 heteroatoms. The summed E-state index contributed by atoms with van der Waals surface area (Å²) in [5.74, 6) is 0.903. The minimum atomic E-state index is -0.269. The fraction of sp³-hybridized carbons (Fsp3) is 0.600. The molecule has 2 aliphatic rings. The first-order valence-corrected chi connectivity index (χ1v) is 8.63. The summed E-state index contributed by atoms with van der Waals surface area (Å²) >= 11 is 2.12. The topological polar surface area (TPSA) is 58.4 Å². The van der Waals surface area contributed by atoms with E-state index >= 15 is 0 Å². The number of nitrogens with one attached hydrogen (secondary N) is 1. The maximum absolute atomic E-state index is 11.2. The molecule has 1 saturated heterocycles. The van der Waals surface area contributed by atoms with Gasteiger partial charge >= 0.3 is 0 Å². The van der Waals surface area contributed by atoms with E-state index in [1.807, 2.05) is 12.1 Å². The predicted octanol–water partition coefficient (Wildman–Crippen LogP) is 3.17. The molecule has 1 aromatic rings. The quantitative estimate of drug-likeness (QED) is 0.468. The van der Waals surface area contributed by atoms with Gasteiger partial charge in [-0.05, 0) is 72.9 Å². The van der Waals surface area contributed by atoms with E-state index < -0.39 is 0 Å². The van der Waals surface area contributed by atoms with Gasteiger partial charge in [-0.1, -0.05) is 0 Å². The predicted molar refractivity (Wildman–Crippen MR) is 91.8 cm³/mol. The Morgan fingerprint density at radius 3 is 2.62 bits per heavy atom. The third-order valence-corrected chi connectivity index (χ3v) is 5.03. The Labute approximate surface area is 138 Å². The van der Waals surface area contributed by atoms with Crippen LogP contribution in [0.15, 0.2) is 18.2 Å². The second-order valence-corrected chi connectivity index (χ2v) is 7.25. The highest BCUT2D eigenvalue weighted by Gasteiger charge is 2.26. The van der Waals surface area contributed by atoms with Crippen LogP contribution in [0, 0.1) is 19.6 Å². The van der Waals surface area contributed by atoms with E-state index in [4.69, 9.17) is 0 Å². The first-order chi connectivity index (χ1) is 10.1. The molecule has 3 rings (SSSR count). The summed E-state index contributed by atoms with van der Waals surface area (Å²) in [6, 6.07) is 6.07. The molecule has 0 spiro atoms. The van der Waals surface area contributed by atoms with Crippen molar-refractivity contribution < 1.29 is 4.92 Å². The zero-order valence-corrected chi connectivity index (χ0v) is 14.1. The highest BCUT2D eigenvalue weighted by molar-refractivity contribution is 14.1. The Kier molecular flexibility index (Phi) is 4.63. The number of anilines is 1. The standard InChI is InChI=1S/C15H20IN3O2/c16-12-3-4-14(15(9-12)19(20)21)18-7-5-13(6-8-18)17-10-11-1-2-11/h3-4,9,11,13,17H,1-2,5-8,10H2. The zero-order chi connectivity index (χ0) is 14.8. The van der Waals surface area contributed by atoms with E-state index in [2.05, 4.69) is 32.8 Å². The zero-order valence-electron chi connectivity index (χ0n) is 11.9. The molecule has 1 aromatic carbocycles. The van der Waals surface area contributed by atoms with Gasteiger partial charge in [-0.2, -0.15) is 0 Å². The summed E-state index contributed by atoms with van der Waals surface area (Å²) in [5.41, 5.74) is 0.993. The molecular formula is C15H20IN3O2. The number of piperidine rings is 1. The van der Waals surface area contributed by atoms with E-state index in [1.54, 1.807) is 6.07 Å². The number of rotatable bonds is 5. The van der Waals surface area contributed by atoms with Crippen molar-refractivity contribution >= 4 is 34.0 Å². The van der Waals surface area contributed by atoms with Gasteiger partial charge in [-0.25, -0.2) is 0 Å². The van der Waals surface area contributed by atoms with Gasteiger partial charge in [0.1, 0.15) is 5.69 Å². The first-order valence-electron chi connectivity index (χ1n) is 7.56. The molecule has 0 amide bonds. The van der Waals surface area contributed by atoms with Crippen LogP contribution in [-0.4, -0.2) is 30.6 Å². The van der Waals surface area contributed by atoms with Crippen molar-refractivity contribution in [2.24, 2.45) is 5.92 Å². The van der Waals surface area contributed by atoms with Gasteiger partial charge in [-0.3, -0.25) is 10.1 Å². The molecule has 1 N–H and O–H groups in total. The Morgan fingerprint density at radius 1 is 1.29 bits per heavy atom. The summed E-state index contributed by atoms with van der Waals surface area (Å²) in [7, 11) is 0. The second kappa shape index (κ2) is 6.48. The SMILES string of the molecule is O=[N+]([O-])c1cc(I)ccc1N1CCC(NCC2CC2)CC1. The molecular weight excluding hydrogens is 381 g/mol. The number of hydrogen-bond acceptors (Lipinski definition) is 4. The Hall–Kier alpha value is -0.890. The summed E-state index contributed by atoms with van der Waals surface area (Å²) in [6.45, 7) is 2.93. The monoisotopic (exact) mass is 401 g/mol. The van der Waals surface area contributed by atoms with Gasteiger partial charge in [0.2, 0.25) is 0 Å². The minimum absolute atomic E-state index is 0.228. The van der Waals surface area contributed by atoms with Crippen molar-refractivity contribution in [3.63, 3.8) is 0 Å². The van der Waals surface area contributed by atoms with Gasteiger partial charge in [0, 0.05) is 28.8 Å². The molecule has 1 heterocycles. The van der Waals surface area contributed by atoms with Crippen LogP contribution in [0.1, 0.15) is 25.7 Å². The summed E-state index contributed by atoms with van der Waals surface area (Å²) < 4.78 is 0.907. The van der Waals surface area contributed by atoms with Crippen molar-refractivity contribution in [2.75, 3.05) is 24.5 Å². The first kappa shape index (κ1) is 15.0. The lowest BCUT2D eigenvalue weighted by atomic mass is 10.0. The van der Waals surface area contributed by atoms with E-state index in [1.165, 1.54) is 12.8 Å². The smallest absolute Gasteiger partial charge is 0.293 e. The van der Waals surface area contributed by atoms with E-state index in [-0.39, 0.29) is 10.6 Å². The summed E-state index contributed by atoms with van der Waals surface area (Å²) in [6.07, 6.45) is 4.88. The third kappa shape index (κ3) is 3.85. The van der Waals surface area contributed by atoms with Gasteiger partial charge in [0.25, 0.3) is 5.69 Å². The number of nitro benzene ring substituents is 1. The van der Waals surface area contributed by atoms with Crippen LogP contribution in [0.3, 0.4) is 0 Å². The van der Waals surface area contributed by atoms with Gasteiger partial charge in [0.05, 0.1) is 4.92 Å². The molecule has 5 nitrogen and oxygen atoms in total. The molecule has 0 atom stereocenters. The van der Waals surface area contributed by atoms with Crippen molar-refractivity contribution in [1.82, 2.24) is 5.32 Å². The molecule has 1 aliphatic heterocycles. The Morgan fingerprint density at radius 2 is 2.00 bits per heavy atom. The van der Waals surface area contributed by atoms with Crippen molar-refractivity contribution in [3.05, 3.63) is 31.9 Å². The van der Waals surface area contributed by atoms with Crippen LogP contribution in [0.4, 0.5) is 11.4 Å². The lowest BCUT2D eigenvalue weighted by molar-refractivity contribution is -0.384. The van der Waals surface area contributed by atoms with Crippen LogP contribution in [0.25, 0.3) is 0 Å². The lowest BCUT2D eigenvalue weighted by Gasteiger charge is -2.33. The molecule has 0 bridgehead atoms. The van der Waals surface area contributed by atoms with Gasteiger partial charge in [0.15, 0.2) is 0 Å². The molecule has 1 saturated carbocycles. The lowest BCUT2D eigenvalue weighted by Crippen LogP contribution is -2.43. The molecule has 0 aromatic heterocycles. The summed E-state index contributed by atoms with van der Waals surface area (Å²) in [5, 5.41) is 14.9. The maximum atomic E-state index is 11.2. The normalized spacial score (nSPS) is 19.8. The number of nitro groups is 1. The third-order valence-electron chi connectivity index (χ3n) is 4.36. The average molecular weight is 401 g/mol. The largest absolute Gasteiger partial charge is 0.366 e. The molecule has 2 fully saturated rings. The van der Waals surface area contributed by atoms with Gasteiger partial charge < -0.3 is 10.2 Å². The van der Waals surface area contributed by atoms with E-state index in [0.717, 1.165) is 47.7 Å². The van der Waals surface area contributed by atoms with Crippen molar-refractivity contribution in [3.8, 4) is 0 Å². The molecule has 21 heavy (non-hydrogen) atoms.